The summed E-state index contributed by atoms with van der Waals surface area (Å²) in [6.07, 6.45) is 16.6. The summed E-state index contributed by atoms with van der Waals surface area (Å²) in [5, 5.41) is 28.5. The summed E-state index contributed by atoms with van der Waals surface area (Å²) >= 11 is 0. The van der Waals surface area contributed by atoms with E-state index in [9.17, 15) is 10.2 Å². The zero-order chi connectivity index (χ0) is 19.7. The number of allylic oxidation sites excluding steroid dienone is 2. The van der Waals surface area contributed by atoms with Gasteiger partial charge in [-0.15, -0.1) is 0 Å². The maximum Gasteiger partial charge on any atom is 0.114 e. The minimum Gasteiger partial charge on any atom is -0.394 e. The number of aliphatic hydroxyl groups is 3. The molecule has 0 aromatic heterocycles. The van der Waals surface area contributed by atoms with E-state index in [1.54, 1.807) is 0 Å². The molecule has 1 fully saturated rings. The lowest BCUT2D eigenvalue weighted by Crippen LogP contribution is -2.41. The van der Waals surface area contributed by atoms with E-state index in [0.29, 0.717) is 6.61 Å². The van der Waals surface area contributed by atoms with Crippen LogP contribution in [0, 0.1) is 0 Å². The molecule has 0 spiro atoms. The van der Waals surface area contributed by atoms with Crippen LogP contribution in [0.3, 0.4) is 0 Å². The number of rotatable bonds is 17. The molecule has 0 saturated carbocycles. The SMILES string of the molecule is CCCCCCCCC/C=C/CCCCCO[C@H]1CO[C@H]([C@H](O)CO)[C@@H]1O. The fraction of sp³-hybridized carbons (Fsp3) is 0.909. The number of unbranched alkanes of at least 4 members (excludes halogenated alkanes) is 10. The van der Waals surface area contributed by atoms with Crippen LogP contribution in [0.5, 0.6) is 0 Å². The highest BCUT2D eigenvalue weighted by molar-refractivity contribution is 4.88. The van der Waals surface area contributed by atoms with E-state index in [-0.39, 0.29) is 6.61 Å². The van der Waals surface area contributed by atoms with E-state index in [2.05, 4.69) is 19.1 Å². The van der Waals surface area contributed by atoms with Crippen molar-refractivity contribution >= 4 is 0 Å². The second-order valence-electron chi connectivity index (χ2n) is 7.68. The number of hydrogen-bond acceptors (Lipinski definition) is 5. The van der Waals surface area contributed by atoms with Gasteiger partial charge in [-0.2, -0.15) is 0 Å². The minimum absolute atomic E-state index is 0.268. The molecule has 1 heterocycles. The van der Waals surface area contributed by atoms with Gasteiger partial charge >= 0.3 is 0 Å². The fourth-order valence-electron chi connectivity index (χ4n) is 3.43. The predicted octanol–water partition coefficient (Wildman–Crippen LogP) is 3.74. The fourth-order valence-corrected chi connectivity index (χ4v) is 3.43. The van der Waals surface area contributed by atoms with Crippen LogP contribution < -0.4 is 0 Å². The Balaban J connectivity index is 1.88. The Morgan fingerprint density at radius 2 is 1.56 bits per heavy atom. The second kappa shape index (κ2) is 16.5. The molecule has 0 aliphatic carbocycles. The first-order chi connectivity index (χ1) is 13.2. The van der Waals surface area contributed by atoms with Crippen LogP contribution in [-0.4, -0.2) is 59.6 Å². The molecular weight excluding hydrogens is 344 g/mol. The molecule has 3 N–H and O–H groups in total. The van der Waals surface area contributed by atoms with E-state index in [4.69, 9.17) is 14.6 Å². The third-order valence-electron chi connectivity index (χ3n) is 5.22. The highest BCUT2D eigenvalue weighted by Crippen LogP contribution is 2.20. The summed E-state index contributed by atoms with van der Waals surface area (Å²) in [4.78, 5) is 0. The first-order valence-corrected chi connectivity index (χ1v) is 11.1. The molecule has 1 saturated heterocycles. The Kier molecular flexibility index (Phi) is 15.0. The standard InChI is InChI=1S/C22H42O5/c1-2-3-4-5-6-7-8-9-10-11-12-13-14-15-16-26-20-18-27-22(21(20)25)19(24)17-23/h10-11,19-25H,2-9,12-18H2,1H3/b11-10+/t19-,20+,21-,22-/m1/s1. The molecule has 1 aliphatic rings. The Labute approximate surface area is 165 Å². The molecular formula is C22H42O5. The van der Waals surface area contributed by atoms with Crippen molar-refractivity contribution in [3.8, 4) is 0 Å². The monoisotopic (exact) mass is 386 g/mol. The topological polar surface area (TPSA) is 79.2 Å². The van der Waals surface area contributed by atoms with Crippen LogP contribution >= 0.6 is 0 Å². The maximum atomic E-state index is 10.0. The Morgan fingerprint density at radius 3 is 2.19 bits per heavy atom. The molecule has 1 aliphatic heterocycles. The number of hydrogen-bond donors (Lipinski definition) is 3. The molecule has 5 nitrogen and oxygen atoms in total. The molecule has 4 atom stereocenters. The number of aliphatic hydroxyl groups excluding tert-OH is 3. The van der Waals surface area contributed by atoms with Crippen molar-refractivity contribution in [1.82, 2.24) is 0 Å². The minimum atomic E-state index is -1.05. The average Bonchev–Trinajstić information content (AvgIpc) is 3.04. The predicted molar refractivity (Wildman–Crippen MR) is 109 cm³/mol. The molecule has 27 heavy (non-hydrogen) atoms. The van der Waals surface area contributed by atoms with Crippen molar-refractivity contribution < 1.29 is 24.8 Å². The molecule has 160 valence electrons. The van der Waals surface area contributed by atoms with Gasteiger partial charge in [-0.3, -0.25) is 0 Å². The van der Waals surface area contributed by atoms with Crippen LogP contribution in [0.25, 0.3) is 0 Å². The molecule has 0 aromatic carbocycles. The van der Waals surface area contributed by atoms with E-state index in [0.717, 1.165) is 25.7 Å². The van der Waals surface area contributed by atoms with E-state index >= 15 is 0 Å². The van der Waals surface area contributed by atoms with Crippen molar-refractivity contribution in [3.63, 3.8) is 0 Å². The van der Waals surface area contributed by atoms with Crippen LogP contribution in [0.4, 0.5) is 0 Å². The van der Waals surface area contributed by atoms with Crippen molar-refractivity contribution in [3.05, 3.63) is 12.2 Å². The van der Waals surface area contributed by atoms with Gasteiger partial charge in [0.15, 0.2) is 0 Å². The van der Waals surface area contributed by atoms with Gasteiger partial charge in [0.2, 0.25) is 0 Å². The molecule has 0 unspecified atom stereocenters. The van der Waals surface area contributed by atoms with Gasteiger partial charge < -0.3 is 24.8 Å². The summed E-state index contributed by atoms with van der Waals surface area (Å²) in [7, 11) is 0. The lowest BCUT2D eigenvalue weighted by atomic mass is 10.1. The lowest BCUT2D eigenvalue weighted by molar-refractivity contribution is -0.0730. The first kappa shape index (κ1) is 24.6. The van der Waals surface area contributed by atoms with Crippen molar-refractivity contribution in [2.75, 3.05) is 19.8 Å². The van der Waals surface area contributed by atoms with Gasteiger partial charge in [-0.25, -0.2) is 0 Å². The molecule has 0 aromatic rings. The Morgan fingerprint density at radius 1 is 0.963 bits per heavy atom. The molecule has 0 amide bonds. The van der Waals surface area contributed by atoms with Gasteiger partial charge in [-0.1, -0.05) is 64.0 Å². The van der Waals surface area contributed by atoms with Gasteiger partial charge in [0.1, 0.15) is 24.4 Å². The van der Waals surface area contributed by atoms with Crippen LogP contribution in [-0.2, 0) is 9.47 Å². The molecule has 5 heteroatoms. The molecule has 1 rings (SSSR count). The van der Waals surface area contributed by atoms with Crippen LogP contribution in [0.1, 0.15) is 84.0 Å². The third kappa shape index (κ3) is 11.2. The van der Waals surface area contributed by atoms with Crippen molar-refractivity contribution in [2.45, 2.75) is 108 Å². The maximum absolute atomic E-state index is 10.0. The van der Waals surface area contributed by atoms with Gasteiger partial charge in [0.25, 0.3) is 0 Å². The quantitative estimate of drug-likeness (QED) is 0.262. The van der Waals surface area contributed by atoms with Gasteiger partial charge in [-0.05, 0) is 32.1 Å². The third-order valence-corrected chi connectivity index (χ3v) is 5.22. The molecule has 0 radical (unpaired) electrons. The summed E-state index contributed by atoms with van der Waals surface area (Å²) in [5.74, 6) is 0. The average molecular weight is 387 g/mol. The largest absolute Gasteiger partial charge is 0.394 e. The van der Waals surface area contributed by atoms with E-state index < -0.39 is 31.0 Å². The lowest BCUT2D eigenvalue weighted by Gasteiger charge is -2.20. The zero-order valence-electron chi connectivity index (χ0n) is 17.2. The van der Waals surface area contributed by atoms with E-state index in [1.807, 2.05) is 0 Å². The van der Waals surface area contributed by atoms with Crippen molar-refractivity contribution in [1.29, 1.82) is 0 Å². The first-order valence-electron chi connectivity index (χ1n) is 11.1. The summed E-state index contributed by atoms with van der Waals surface area (Å²) in [6, 6.07) is 0. The van der Waals surface area contributed by atoms with Gasteiger partial charge in [0.05, 0.1) is 13.2 Å². The van der Waals surface area contributed by atoms with Crippen LogP contribution in [0.15, 0.2) is 12.2 Å². The zero-order valence-corrected chi connectivity index (χ0v) is 17.2. The van der Waals surface area contributed by atoms with Gasteiger partial charge in [0, 0.05) is 6.61 Å². The summed E-state index contributed by atoms with van der Waals surface area (Å²) in [6.45, 7) is 2.70. The second-order valence-corrected chi connectivity index (χ2v) is 7.68. The van der Waals surface area contributed by atoms with Crippen LogP contribution in [0.2, 0.25) is 0 Å². The molecule has 0 bridgehead atoms. The van der Waals surface area contributed by atoms with Crippen molar-refractivity contribution in [2.24, 2.45) is 0 Å². The highest BCUT2D eigenvalue weighted by Gasteiger charge is 2.40. The highest BCUT2D eigenvalue weighted by atomic mass is 16.6. The Bertz CT molecular complexity index is 361. The summed E-state index contributed by atoms with van der Waals surface area (Å²) in [5.41, 5.74) is 0. The number of ether oxygens (including phenoxy) is 2. The Hall–Kier alpha value is -0.460. The normalized spacial score (nSPS) is 24.1. The summed E-state index contributed by atoms with van der Waals surface area (Å²) < 4.78 is 11.0. The van der Waals surface area contributed by atoms with E-state index in [1.165, 1.54) is 51.4 Å². The smallest absolute Gasteiger partial charge is 0.114 e.